The van der Waals surface area contributed by atoms with Gasteiger partial charge in [-0.2, -0.15) is 0 Å². The van der Waals surface area contributed by atoms with Gasteiger partial charge >= 0.3 is 5.97 Å². The van der Waals surface area contributed by atoms with Crippen LogP contribution in [-0.2, 0) is 22.4 Å². The van der Waals surface area contributed by atoms with Crippen molar-refractivity contribution >= 4 is 39.6 Å². The van der Waals surface area contributed by atoms with Gasteiger partial charge in [0.25, 0.3) is 10.9 Å². The van der Waals surface area contributed by atoms with Crippen molar-refractivity contribution < 1.29 is 14.3 Å². The third-order valence-electron chi connectivity index (χ3n) is 7.19. The number of carbonyl (C=O) groups is 1. The van der Waals surface area contributed by atoms with Crippen LogP contribution in [0.4, 0.5) is 22.9 Å². The Hall–Kier alpha value is -4.40. The first-order valence-corrected chi connectivity index (χ1v) is 14.7. The first kappa shape index (κ1) is 30.6. The SMILES string of the molecule is CCCN(CCC)c1c(N[C@@H](Cc2ccc(Nc3nc(CC)cc4cc(OC)ccc34)cc2)C(=O)OCC)c(=O)c1=O. The lowest BCUT2D eigenvalue weighted by atomic mass is 10.0. The van der Waals surface area contributed by atoms with Crippen molar-refractivity contribution in [2.75, 3.05) is 42.3 Å². The molecule has 9 heteroatoms. The molecule has 0 amide bonds. The van der Waals surface area contributed by atoms with Crippen LogP contribution in [0, 0.1) is 0 Å². The second-order valence-electron chi connectivity index (χ2n) is 10.2. The molecule has 1 atom stereocenters. The quantitative estimate of drug-likeness (QED) is 0.144. The fourth-order valence-corrected chi connectivity index (χ4v) is 5.09. The maximum absolute atomic E-state index is 12.9. The van der Waals surface area contributed by atoms with Crippen LogP contribution in [0.1, 0.15) is 51.8 Å². The number of carbonyl (C=O) groups excluding carboxylic acids is 1. The normalized spacial score (nSPS) is 11.8. The summed E-state index contributed by atoms with van der Waals surface area (Å²) in [6.45, 7) is 9.38. The molecule has 0 unspecified atom stereocenters. The van der Waals surface area contributed by atoms with Crippen molar-refractivity contribution in [3.05, 3.63) is 80.2 Å². The smallest absolute Gasteiger partial charge is 0.328 e. The number of esters is 1. The van der Waals surface area contributed by atoms with Gasteiger partial charge in [0.05, 0.1) is 13.7 Å². The van der Waals surface area contributed by atoms with Gasteiger partial charge in [-0.05, 0) is 73.5 Å². The molecule has 1 aromatic heterocycles. The predicted octanol–water partition coefficient (Wildman–Crippen LogP) is 5.36. The van der Waals surface area contributed by atoms with E-state index in [4.69, 9.17) is 14.5 Å². The number of aryl methyl sites for hydroxylation is 1. The summed E-state index contributed by atoms with van der Waals surface area (Å²) in [7, 11) is 1.65. The average molecular weight is 573 g/mol. The molecule has 3 aromatic carbocycles. The van der Waals surface area contributed by atoms with Gasteiger partial charge in [0.15, 0.2) is 0 Å². The van der Waals surface area contributed by atoms with E-state index in [1.165, 1.54) is 0 Å². The summed E-state index contributed by atoms with van der Waals surface area (Å²) in [5, 5.41) is 8.52. The van der Waals surface area contributed by atoms with Crippen molar-refractivity contribution in [1.82, 2.24) is 4.98 Å². The number of nitrogens with zero attached hydrogens (tertiary/aromatic N) is 2. The molecule has 0 saturated heterocycles. The first-order valence-electron chi connectivity index (χ1n) is 14.7. The highest BCUT2D eigenvalue weighted by molar-refractivity contribution is 5.94. The second-order valence-corrected chi connectivity index (χ2v) is 10.2. The summed E-state index contributed by atoms with van der Waals surface area (Å²) in [4.78, 5) is 44.8. The lowest BCUT2D eigenvalue weighted by molar-refractivity contribution is -0.144. The minimum absolute atomic E-state index is 0.198. The van der Waals surface area contributed by atoms with Gasteiger partial charge in [-0.3, -0.25) is 9.59 Å². The Labute approximate surface area is 246 Å². The lowest BCUT2D eigenvalue weighted by Gasteiger charge is -2.28. The number of benzene rings is 2. The van der Waals surface area contributed by atoms with Gasteiger partial charge in [-0.25, -0.2) is 9.78 Å². The number of pyridine rings is 1. The fraction of sp³-hybridized carbons (Fsp3) is 0.394. The summed E-state index contributed by atoms with van der Waals surface area (Å²) >= 11 is 0. The molecule has 2 N–H and O–H groups in total. The molecule has 222 valence electrons. The van der Waals surface area contributed by atoms with Crippen LogP contribution in [-0.4, -0.2) is 43.8 Å². The molecular formula is C33H40N4O5. The van der Waals surface area contributed by atoms with Crippen LogP contribution >= 0.6 is 0 Å². The third kappa shape index (κ3) is 6.73. The van der Waals surface area contributed by atoms with Crippen LogP contribution in [0.25, 0.3) is 10.8 Å². The summed E-state index contributed by atoms with van der Waals surface area (Å²) in [5.74, 6) is 1.07. The molecule has 0 fully saturated rings. The van der Waals surface area contributed by atoms with Gasteiger partial charge in [-0.1, -0.05) is 32.9 Å². The van der Waals surface area contributed by atoms with Gasteiger partial charge in [0, 0.05) is 36.3 Å². The van der Waals surface area contributed by atoms with Crippen molar-refractivity contribution in [1.29, 1.82) is 0 Å². The third-order valence-corrected chi connectivity index (χ3v) is 7.19. The maximum Gasteiger partial charge on any atom is 0.328 e. The van der Waals surface area contributed by atoms with Gasteiger partial charge < -0.3 is 25.0 Å². The zero-order valence-electron chi connectivity index (χ0n) is 25.1. The second kappa shape index (κ2) is 14.0. The largest absolute Gasteiger partial charge is 0.497 e. The van der Waals surface area contributed by atoms with Gasteiger partial charge in [0.1, 0.15) is 29.0 Å². The van der Waals surface area contributed by atoms with Crippen molar-refractivity contribution in [3.63, 3.8) is 0 Å². The summed E-state index contributed by atoms with van der Waals surface area (Å²) < 4.78 is 10.7. The molecule has 42 heavy (non-hydrogen) atoms. The molecule has 0 bridgehead atoms. The molecule has 4 rings (SSSR count). The van der Waals surface area contributed by atoms with Crippen LogP contribution in [0.15, 0.2) is 58.1 Å². The fourth-order valence-electron chi connectivity index (χ4n) is 5.09. The van der Waals surface area contributed by atoms with Crippen LogP contribution < -0.4 is 31.1 Å². The Balaban J connectivity index is 1.56. The summed E-state index contributed by atoms with van der Waals surface area (Å²) in [6.07, 6.45) is 2.75. The highest BCUT2D eigenvalue weighted by Crippen LogP contribution is 2.29. The molecule has 0 aliphatic rings. The molecule has 0 spiro atoms. The predicted molar refractivity (Wildman–Crippen MR) is 169 cm³/mol. The van der Waals surface area contributed by atoms with Gasteiger partial charge in [0.2, 0.25) is 0 Å². The van der Waals surface area contributed by atoms with Crippen LogP contribution in [0.3, 0.4) is 0 Å². The monoisotopic (exact) mass is 572 g/mol. The highest BCUT2D eigenvalue weighted by atomic mass is 16.5. The first-order chi connectivity index (χ1) is 20.3. The molecule has 0 aliphatic heterocycles. The number of aromatic nitrogens is 1. The van der Waals surface area contributed by atoms with Crippen molar-refractivity contribution in [2.24, 2.45) is 0 Å². The molecule has 0 aliphatic carbocycles. The molecule has 0 saturated carbocycles. The van der Waals surface area contributed by atoms with Crippen LogP contribution in [0.5, 0.6) is 5.75 Å². The maximum atomic E-state index is 12.9. The Morgan fingerprint density at radius 1 is 0.952 bits per heavy atom. The molecule has 9 nitrogen and oxygen atoms in total. The number of hydrogen-bond acceptors (Lipinski definition) is 9. The minimum atomic E-state index is -0.822. The van der Waals surface area contributed by atoms with E-state index in [9.17, 15) is 14.4 Å². The molecular weight excluding hydrogens is 532 g/mol. The van der Waals surface area contributed by atoms with E-state index >= 15 is 0 Å². The minimum Gasteiger partial charge on any atom is -0.497 e. The lowest BCUT2D eigenvalue weighted by Crippen LogP contribution is -2.46. The number of rotatable bonds is 15. The van der Waals surface area contributed by atoms with Crippen LogP contribution in [0.2, 0.25) is 0 Å². The number of nitrogens with one attached hydrogen (secondary N) is 2. The highest BCUT2D eigenvalue weighted by Gasteiger charge is 2.30. The van der Waals surface area contributed by atoms with Crippen molar-refractivity contribution in [2.45, 2.75) is 59.4 Å². The van der Waals surface area contributed by atoms with Gasteiger partial charge in [-0.15, -0.1) is 0 Å². The summed E-state index contributed by atoms with van der Waals surface area (Å²) in [5.41, 5.74) is 2.14. The Morgan fingerprint density at radius 2 is 1.67 bits per heavy atom. The Bertz CT molecular complexity index is 1580. The number of fused-ring (bicyclic) bond motifs is 1. The number of hydrogen-bond donors (Lipinski definition) is 2. The van der Waals surface area contributed by atoms with E-state index in [-0.39, 0.29) is 18.7 Å². The number of ether oxygens (including phenoxy) is 2. The average Bonchev–Trinajstić information content (AvgIpc) is 3.00. The van der Waals surface area contributed by atoms with Crippen molar-refractivity contribution in [3.8, 4) is 5.75 Å². The Morgan fingerprint density at radius 3 is 2.29 bits per heavy atom. The molecule has 0 radical (unpaired) electrons. The number of anilines is 4. The zero-order valence-corrected chi connectivity index (χ0v) is 25.1. The van der Waals surface area contributed by atoms with E-state index in [1.807, 2.05) is 61.2 Å². The topological polar surface area (TPSA) is 110 Å². The van der Waals surface area contributed by atoms with E-state index in [2.05, 4.69) is 23.6 Å². The standard InChI is InChI=1S/C33H40N4O5/c1-6-16-37(17-7-2)29-28(30(38)31(29)39)36-27(33(40)42-9-4)18-21-10-12-24(13-11-21)35-32-26-15-14-25(41-5)20-22(26)19-23(8-3)34-32/h10-15,19-20,27,36H,6-9,16-18H2,1-5H3,(H,34,35)/t27-/m0/s1. The molecule has 4 aromatic rings. The van der Waals surface area contributed by atoms with E-state index in [0.29, 0.717) is 18.8 Å². The number of methoxy groups -OCH3 is 1. The van der Waals surface area contributed by atoms with E-state index in [1.54, 1.807) is 14.0 Å². The zero-order chi connectivity index (χ0) is 30.2. The summed E-state index contributed by atoms with van der Waals surface area (Å²) in [6, 6.07) is 14.9. The van der Waals surface area contributed by atoms with E-state index in [0.717, 1.165) is 58.5 Å². The molecule has 1 heterocycles. The van der Waals surface area contributed by atoms with E-state index < -0.39 is 22.9 Å². The Kier molecular flexibility index (Phi) is 10.2.